The Balaban J connectivity index is 2.53. The Morgan fingerprint density at radius 1 is 1.38 bits per heavy atom. The molecule has 1 heterocycles. The monoisotopic (exact) mass is 390 g/mol. The highest BCUT2D eigenvalue weighted by Crippen LogP contribution is 2.40. The van der Waals surface area contributed by atoms with Gasteiger partial charge in [0, 0.05) is 5.70 Å². The second-order valence-electron chi connectivity index (χ2n) is 5.20. The van der Waals surface area contributed by atoms with Crippen molar-refractivity contribution in [3.8, 4) is 11.5 Å². The summed E-state index contributed by atoms with van der Waals surface area (Å²) in [6.07, 6.45) is 0. The van der Waals surface area contributed by atoms with E-state index in [1.54, 1.807) is 13.8 Å². The fraction of sp³-hybridized carbons (Fsp3) is 0.375. The number of methoxy groups -OCH3 is 1. The van der Waals surface area contributed by atoms with E-state index in [0.717, 1.165) is 0 Å². The fourth-order valence-electron chi connectivity index (χ4n) is 2.53. The molecule has 2 N–H and O–H groups in total. The second-order valence-corrected chi connectivity index (χ2v) is 5.61. The Kier molecular flexibility index (Phi) is 6.25. The highest BCUT2D eigenvalue weighted by atomic mass is 35.5. The maximum Gasteiger partial charge on any atom is 0.387 e. The first-order chi connectivity index (χ1) is 12.3. The fourth-order valence-corrected chi connectivity index (χ4v) is 2.80. The first-order valence-electron chi connectivity index (χ1n) is 7.56. The lowest BCUT2D eigenvalue weighted by atomic mass is 9.95. The smallest absolute Gasteiger partial charge is 0.387 e. The molecule has 0 bridgehead atoms. The maximum absolute atomic E-state index is 12.6. The third kappa shape index (κ3) is 4.16. The number of esters is 1. The zero-order valence-corrected chi connectivity index (χ0v) is 14.9. The standard InChI is InChI=1S/C16H17ClF2N2O5/c1-4-25-14(22)11-7(2)20-16(23)21-12(11)8-5-9(17)13(26-15(18)19)10(6-8)24-3/h5-6,12,15H,4H2,1-3H3,(H2,20,21,23)/t12-/m0/s1. The van der Waals surface area contributed by atoms with Crippen LogP contribution in [-0.2, 0) is 9.53 Å². The van der Waals surface area contributed by atoms with Gasteiger partial charge >= 0.3 is 18.6 Å². The molecule has 0 saturated heterocycles. The molecular formula is C16H17ClF2N2O5. The van der Waals surface area contributed by atoms with Crippen LogP contribution in [0.2, 0.25) is 5.02 Å². The number of allylic oxidation sites excluding steroid dienone is 1. The summed E-state index contributed by atoms with van der Waals surface area (Å²) >= 11 is 6.04. The van der Waals surface area contributed by atoms with E-state index in [9.17, 15) is 18.4 Å². The third-order valence-electron chi connectivity index (χ3n) is 3.56. The van der Waals surface area contributed by atoms with Gasteiger partial charge < -0.3 is 24.8 Å². The van der Waals surface area contributed by atoms with E-state index in [2.05, 4.69) is 15.4 Å². The van der Waals surface area contributed by atoms with Crippen LogP contribution in [0.3, 0.4) is 0 Å². The zero-order valence-electron chi connectivity index (χ0n) is 14.2. The molecule has 1 atom stereocenters. The van der Waals surface area contributed by atoms with Gasteiger partial charge in [-0.1, -0.05) is 11.6 Å². The van der Waals surface area contributed by atoms with Crippen molar-refractivity contribution in [2.75, 3.05) is 13.7 Å². The van der Waals surface area contributed by atoms with Gasteiger partial charge in [0.15, 0.2) is 11.5 Å². The van der Waals surface area contributed by atoms with Crippen LogP contribution in [0, 0.1) is 0 Å². The second kappa shape index (κ2) is 8.22. The quantitative estimate of drug-likeness (QED) is 0.729. The number of halogens is 3. The van der Waals surface area contributed by atoms with Crippen molar-refractivity contribution in [1.82, 2.24) is 10.6 Å². The SMILES string of the molecule is CCOC(=O)C1=C(C)NC(=O)N[C@H]1c1cc(Cl)c(OC(F)F)c(OC)c1. The minimum absolute atomic E-state index is 0.0681. The van der Waals surface area contributed by atoms with Crippen LogP contribution in [0.5, 0.6) is 11.5 Å². The van der Waals surface area contributed by atoms with E-state index in [1.807, 2.05) is 0 Å². The normalized spacial score (nSPS) is 16.9. The van der Waals surface area contributed by atoms with E-state index in [0.29, 0.717) is 11.3 Å². The summed E-state index contributed by atoms with van der Waals surface area (Å²) in [4.78, 5) is 24.1. The zero-order chi connectivity index (χ0) is 19.4. The molecule has 1 aromatic rings. The van der Waals surface area contributed by atoms with Crippen molar-refractivity contribution >= 4 is 23.6 Å². The van der Waals surface area contributed by atoms with E-state index < -0.39 is 24.7 Å². The van der Waals surface area contributed by atoms with E-state index in [1.165, 1.54) is 19.2 Å². The molecule has 2 amide bonds. The molecule has 142 valence electrons. The molecule has 0 aromatic heterocycles. The number of carbonyl (C=O) groups is 2. The number of carbonyl (C=O) groups excluding carboxylic acids is 2. The summed E-state index contributed by atoms with van der Waals surface area (Å²) in [6, 6.07) is 1.22. The lowest BCUT2D eigenvalue weighted by Gasteiger charge is -2.28. The molecule has 2 rings (SSSR count). The number of hydrogen-bond acceptors (Lipinski definition) is 5. The predicted octanol–water partition coefficient (Wildman–Crippen LogP) is 3.14. The Morgan fingerprint density at radius 3 is 2.65 bits per heavy atom. The first kappa shape index (κ1) is 19.8. The average molecular weight is 391 g/mol. The molecule has 1 aliphatic heterocycles. The Bertz CT molecular complexity index is 754. The number of nitrogens with one attached hydrogen (secondary N) is 2. The number of amides is 2. The summed E-state index contributed by atoms with van der Waals surface area (Å²) in [6.45, 7) is 0.240. The summed E-state index contributed by atoms with van der Waals surface area (Å²) < 4.78 is 39.6. The molecule has 10 heteroatoms. The van der Waals surface area contributed by atoms with Crippen LogP contribution in [-0.4, -0.2) is 32.3 Å². The number of alkyl halides is 2. The minimum Gasteiger partial charge on any atom is -0.493 e. The van der Waals surface area contributed by atoms with E-state index in [-0.39, 0.29) is 28.7 Å². The number of benzene rings is 1. The highest BCUT2D eigenvalue weighted by molar-refractivity contribution is 6.32. The predicted molar refractivity (Wildman–Crippen MR) is 88.4 cm³/mol. The third-order valence-corrected chi connectivity index (χ3v) is 3.84. The summed E-state index contributed by atoms with van der Waals surface area (Å²) in [5.74, 6) is -1.04. The van der Waals surface area contributed by atoms with Gasteiger partial charge in [0.25, 0.3) is 0 Å². The van der Waals surface area contributed by atoms with Gasteiger partial charge in [-0.2, -0.15) is 8.78 Å². The Morgan fingerprint density at radius 2 is 2.08 bits per heavy atom. The van der Waals surface area contributed by atoms with Crippen molar-refractivity contribution < 1.29 is 32.6 Å². The van der Waals surface area contributed by atoms with Gasteiger partial charge in [-0.05, 0) is 31.5 Å². The van der Waals surface area contributed by atoms with Crippen LogP contribution in [0.25, 0.3) is 0 Å². The first-order valence-corrected chi connectivity index (χ1v) is 7.93. The molecule has 0 fully saturated rings. The number of rotatable bonds is 6. The lowest BCUT2D eigenvalue weighted by molar-refractivity contribution is -0.139. The van der Waals surface area contributed by atoms with Crippen LogP contribution in [0.15, 0.2) is 23.4 Å². The van der Waals surface area contributed by atoms with Crippen molar-refractivity contribution in [3.05, 3.63) is 34.0 Å². The van der Waals surface area contributed by atoms with Crippen molar-refractivity contribution in [2.24, 2.45) is 0 Å². The summed E-state index contributed by atoms with van der Waals surface area (Å²) in [5, 5.41) is 4.91. The summed E-state index contributed by atoms with van der Waals surface area (Å²) in [7, 11) is 1.25. The molecule has 1 aromatic carbocycles. The summed E-state index contributed by atoms with van der Waals surface area (Å²) in [5.41, 5.74) is 0.804. The van der Waals surface area contributed by atoms with Crippen LogP contribution in [0.1, 0.15) is 25.5 Å². The molecule has 0 unspecified atom stereocenters. The number of urea groups is 1. The van der Waals surface area contributed by atoms with Crippen molar-refractivity contribution in [3.63, 3.8) is 0 Å². The van der Waals surface area contributed by atoms with Gasteiger partial charge in [-0.25, -0.2) is 9.59 Å². The van der Waals surface area contributed by atoms with E-state index in [4.69, 9.17) is 21.1 Å². The van der Waals surface area contributed by atoms with Crippen LogP contribution in [0.4, 0.5) is 13.6 Å². The Hall–Kier alpha value is -2.55. The Labute approximate surface area is 153 Å². The average Bonchev–Trinajstić information content (AvgIpc) is 2.55. The molecule has 26 heavy (non-hydrogen) atoms. The van der Waals surface area contributed by atoms with Crippen molar-refractivity contribution in [1.29, 1.82) is 0 Å². The molecular weight excluding hydrogens is 374 g/mol. The topological polar surface area (TPSA) is 85.9 Å². The van der Waals surface area contributed by atoms with Gasteiger partial charge in [-0.3, -0.25) is 0 Å². The molecule has 0 radical (unpaired) electrons. The molecule has 1 aliphatic rings. The van der Waals surface area contributed by atoms with Crippen LogP contribution >= 0.6 is 11.6 Å². The number of hydrogen-bond donors (Lipinski definition) is 2. The van der Waals surface area contributed by atoms with Gasteiger partial charge in [-0.15, -0.1) is 0 Å². The van der Waals surface area contributed by atoms with Gasteiger partial charge in [0.05, 0.1) is 30.4 Å². The lowest BCUT2D eigenvalue weighted by Crippen LogP contribution is -2.45. The maximum atomic E-state index is 12.6. The minimum atomic E-state index is -3.09. The van der Waals surface area contributed by atoms with Gasteiger partial charge in [0.1, 0.15) is 0 Å². The van der Waals surface area contributed by atoms with Crippen molar-refractivity contribution in [2.45, 2.75) is 26.5 Å². The molecule has 0 aliphatic carbocycles. The highest BCUT2D eigenvalue weighted by Gasteiger charge is 2.33. The number of ether oxygens (including phenoxy) is 3. The molecule has 7 nitrogen and oxygen atoms in total. The van der Waals surface area contributed by atoms with Gasteiger partial charge in [0.2, 0.25) is 0 Å². The van der Waals surface area contributed by atoms with E-state index >= 15 is 0 Å². The van der Waals surface area contributed by atoms with Crippen LogP contribution < -0.4 is 20.1 Å². The largest absolute Gasteiger partial charge is 0.493 e. The molecule has 0 saturated carbocycles. The molecule has 0 spiro atoms.